The Balaban J connectivity index is 1.70. The molecular formula is C16H14N3O3S+. The van der Waals surface area contributed by atoms with Crippen LogP contribution in [0.1, 0.15) is 0 Å². The van der Waals surface area contributed by atoms with E-state index in [1.165, 1.54) is 4.68 Å². The van der Waals surface area contributed by atoms with Crippen LogP contribution in [0.5, 0.6) is 0 Å². The molecule has 2 N–H and O–H groups in total. The highest BCUT2D eigenvalue weighted by Gasteiger charge is 2.24. The first-order valence-corrected chi connectivity index (χ1v) is 7.89. The molecule has 7 heteroatoms. The molecule has 116 valence electrons. The number of para-hydroxylation sites is 2. The van der Waals surface area contributed by atoms with Crippen LogP contribution in [0.15, 0.2) is 75.0 Å². The van der Waals surface area contributed by atoms with E-state index >= 15 is 0 Å². The molecule has 6 nitrogen and oxygen atoms in total. The number of aromatic nitrogens is 2. The highest BCUT2D eigenvalue weighted by atomic mass is 32.2. The van der Waals surface area contributed by atoms with Crippen molar-refractivity contribution in [3.63, 3.8) is 0 Å². The van der Waals surface area contributed by atoms with Gasteiger partial charge in [-0.1, -0.05) is 36.4 Å². The summed E-state index contributed by atoms with van der Waals surface area (Å²) < 4.78 is 6.35. The molecule has 3 aromatic rings. The molecule has 0 aliphatic carbocycles. The molecular weight excluding hydrogens is 314 g/mol. The Hall–Kier alpha value is -2.80. The van der Waals surface area contributed by atoms with Crippen LogP contribution in [0.2, 0.25) is 0 Å². The number of aromatic amines is 1. The third-order valence-corrected chi connectivity index (χ3v) is 4.05. The molecule has 1 heterocycles. The number of anilines is 1. The smallest absolute Gasteiger partial charge is 0.325 e. The van der Waals surface area contributed by atoms with E-state index in [2.05, 4.69) is 10.6 Å². The molecule has 0 saturated heterocycles. The predicted octanol–water partition coefficient (Wildman–Crippen LogP) is 1.98. The number of hydrogen-bond acceptors (Lipinski definition) is 4. The monoisotopic (exact) mass is 328 g/mol. The van der Waals surface area contributed by atoms with Crippen LogP contribution in [0, 0.1) is 0 Å². The number of nitrogens with zero attached hydrogens (tertiary/aromatic N) is 1. The quantitative estimate of drug-likeness (QED) is 0.554. The van der Waals surface area contributed by atoms with Crippen molar-refractivity contribution < 1.29 is 14.0 Å². The minimum absolute atomic E-state index is 0.102. The Bertz CT molecular complexity index is 844. The largest absolute Gasteiger partial charge is 0.442 e. The van der Waals surface area contributed by atoms with Gasteiger partial charge in [-0.25, -0.2) is 4.79 Å². The van der Waals surface area contributed by atoms with Gasteiger partial charge in [-0.05, 0) is 33.8 Å². The fourth-order valence-corrected chi connectivity index (χ4v) is 2.76. The summed E-state index contributed by atoms with van der Waals surface area (Å²) in [4.78, 5) is 23.8. The van der Waals surface area contributed by atoms with Crippen molar-refractivity contribution in [2.75, 3.05) is 11.1 Å². The molecule has 0 unspecified atom stereocenters. The van der Waals surface area contributed by atoms with E-state index in [-0.39, 0.29) is 11.7 Å². The second-order valence-electron chi connectivity index (χ2n) is 4.66. The second kappa shape index (κ2) is 6.97. The van der Waals surface area contributed by atoms with Gasteiger partial charge in [-0.2, -0.15) is 0 Å². The fourth-order valence-electron chi connectivity index (χ4n) is 1.99. The van der Waals surface area contributed by atoms with E-state index in [1.54, 1.807) is 12.1 Å². The van der Waals surface area contributed by atoms with Crippen LogP contribution in [0.3, 0.4) is 0 Å². The van der Waals surface area contributed by atoms with Gasteiger partial charge in [0.2, 0.25) is 11.6 Å². The van der Waals surface area contributed by atoms with Gasteiger partial charge in [0.05, 0.1) is 5.75 Å². The molecule has 3 rings (SSSR count). The molecule has 2 aromatic carbocycles. The molecule has 0 aliphatic heterocycles. The molecule has 1 amide bonds. The zero-order chi connectivity index (χ0) is 16.1. The van der Waals surface area contributed by atoms with Gasteiger partial charge in [0.15, 0.2) is 0 Å². The zero-order valence-corrected chi connectivity index (χ0v) is 12.9. The minimum atomic E-state index is -0.508. The Kier molecular flexibility index (Phi) is 4.58. The Morgan fingerprint density at radius 2 is 1.74 bits per heavy atom. The Morgan fingerprint density at radius 3 is 2.43 bits per heavy atom. The van der Waals surface area contributed by atoms with E-state index < -0.39 is 5.63 Å². The zero-order valence-electron chi connectivity index (χ0n) is 12.1. The summed E-state index contributed by atoms with van der Waals surface area (Å²) in [5.74, 6) is -0.0916. The lowest BCUT2D eigenvalue weighted by molar-refractivity contribution is -0.704. The number of H-pyrrole nitrogens is 1. The second-order valence-corrected chi connectivity index (χ2v) is 5.62. The summed E-state index contributed by atoms with van der Waals surface area (Å²) in [6.45, 7) is 0. The van der Waals surface area contributed by atoms with Crippen LogP contribution in [-0.4, -0.2) is 16.9 Å². The summed E-state index contributed by atoms with van der Waals surface area (Å²) in [6, 6.07) is 18.4. The first kappa shape index (κ1) is 15.1. The normalized spacial score (nSPS) is 10.4. The fraction of sp³-hybridized carbons (Fsp3) is 0.0625. The van der Waals surface area contributed by atoms with Crippen LogP contribution >= 0.6 is 11.8 Å². The van der Waals surface area contributed by atoms with Gasteiger partial charge in [0, 0.05) is 17.8 Å². The third-order valence-electron chi connectivity index (χ3n) is 3.02. The van der Waals surface area contributed by atoms with Crippen molar-refractivity contribution in [1.29, 1.82) is 0 Å². The van der Waals surface area contributed by atoms with E-state index in [1.807, 2.05) is 48.5 Å². The number of thioether (sulfide) groups is 1. The summed E-state index contributed by atoms with van der Waals surface area (Å²) in [6.07, 6.45) is 0. The maximum Gasteiger partial charge on any atom is 0.442 e. The standard InChI is InChI=1S/C16H13N3O3S/c20-14(17-12-7-3-1-4-8-12)11-23-15-16(21)22-18-19(15)13-9-5-2-6-10-13/h1-10H,11H2,(H-,17,18,20,21)/p+1. The molecule has 1 aromatic heterocycles. The van der Waals surface area contributed by atoms with Gasteiger partial charge in [-0.3, -0.25) is 9.32 Å². The maximum absolute atomic E-state index is 12.0. The first-order valence-electron chi connectivity index (χ1n) is 6.91. The molecule has 0 atom stereocenters. The van der Waals surface area contributed by atoms with E-state index in [0.29, 0.717) is 5.03 Å². The Labute approximate surface area is 136 Å². The number of benzene rings is 2. The highest BCUT2D eigenvalue weighted by molar-refractivity contribution is 7.99. The molecule has 0 radical (unpaired) electrons. The van der Waals surface area contributed by atoms with Gasteiger partial charge < -0.3 is 5.32 Å². The van der Waals surface area contributed by atoms with Crippen LogP contribution in [0.4, 0.5) is 5.69 Å². The topological polar surface area (TPSA) is 79.0 Å². The molecule has 23 heavy (non-hydrogen) atoms. The maximum atomic E-state index is 12.0. The number of rotatable bonds is 5. The van der Waals surface area contributed by atoms with Crippen molar-refractivity contribution >= 4 is 23.4 Å². The lowest BCUT2D eigenvalue weighted by Crippen LogP contribution is -2.36. The average molecular weight is 328 g/mol. The predicted molar refractivity (Wildman–Crippen MR) is 86.7 cm³/mol. The summed E-state index contributed by atoms with van der Waals surface area (Å²) >= 11 is 1.12. The van der Waals surface area contributed by atoms with Crippen molar-refractivity contribution in [1.82, 2.24) is 5.27 Å². The number of carbonyl (C=O) groups excluding carboxylic acids is 1. The van der Waals surface area contributed by atoms with Gasteiger partial charge in [0.25, 0.3) is 0 Å². The number of hydrogen-bond donors (Lipinski definition) is 2. The lowest BCUT2D eigenvalue weighted by atomic mass is 10.3. The number of amides is 1. The van der Waals surface area contributed by atoms with E-state index in [0.717, 1.165) is 23.1 Å². The Morgan fingerprint density at radius 1 is 1.09 bits per heavy atom. The molecule has 0 fully saturated rings. The van der Waals surface area contributed by atoms with Crippen molar-refractivity contribution in [2.45, 2.75) is 5.03 Å². The number of carbonyl (C=O) groups is 1. The van der Waals surface area contributed by atoms with E-state index in [9.17, 15) is 9.59 Å². The molecule has 0 aliphatic rings. The SMILES string of the molecule is O=C(CSc1c(=O)o[nH][n+]1-c1ccccc1)Nc1ccccc1. The van der Waals surface area contributed by atoms with Crippen LogP contribution in [0.25, 0.3) is 5.69 Å². The molecule has 0 spiro atoms. The van der Waals surface area contributed by atoms with Crippen LogP contribution in [-0.2, 0) is 4.79 Å². The lowest BCUT2D eigenvalue weighted by Gasteiger charge is -2.02. The van der Waals surface area contributed by atoms with Crippen LogP contribution < -0.4 is 15.6 Å². The summed E-state index contributed by atoms with van der Waals surface area (Å²) in [5, 5.41) is 5.63. The summed E-state index contributed by atoms with van der Waals surface area (Å²) in [7, 11) is 0. The van der Waals surface area contributed by atoms with Crippen molar-refractivity contribution in [2.24, 2.45) is 0 Å². The first-order chi connectivity index (χ1) is 11.2. The van der Waals surface area contributed by atoms with E-state index in [4.69, 9.17) is 4.52 Å². The average Bonchev–Trinajstić information content (AvgIpc) is 2.95. The molecule has 0 bridgehead atoms. The van der Waals surface area contributed by atoms with Gasteiger partial charge >= 0.3 is 10.7 Å². The van der Waals surface area contributed by atoms with Crippen molar-refractivity contribution in [3.05, 3.63) is 71.1 Å². The summed E-state index contributed by atoms with van der Waals surface area (Å²) in [5.41, 5.74) is 0.964. The minimum Gasteiger partial charge on any atom is -0.325 e. The van der Waals surface area contributed by atoms with Crippen molar-refractivity contribution in [3.8, 4) is 5.69 Å². The number of nitrogens with one attached hydrogen (secondary N) is 2. The highest BCUT2D eigenvalue weighted by Crippen LogP contribution is 2.12. The van der Waals surface area contributed by atoms with Gasteiger partial charge in [-0.15, -0.1) is 0 Å². The molecule has 0 saturated carbocycles. The van der Waals surface area contributed by atoms with Gasteiger partial charge in [0.1, 0.15) is 0 Å². The third kappa shape index (κ3) is 3.70.